The predicted molar refractivity (Wildman–Crippen MR) is 36.9 cm³/mol. The van der Waals surface area contributed by atoms with E-state index in [9.17, 15) is 13.6 Å². The first-order valence-electron chi connectivity index (χ1n) is 3.35. The average molecular weight is 183 g/mol. The quantitative estimate of drug-likeness (QED) is 0.551. The molecule has 0 amide bonds. The second-order valence-corrected chi connectivity index (χ2v) is 2.50. The Kier molecular flexibility index (Phi) is 4.05. The third kappa shape index (κ3) is 3.10. The Morgan fingerprint density at radius 2 is 2.08 bits per heavy atom. The molecule has 0 aromatic rings. The van der Waals surface area contributed by atoms with Crippen LogP contribution in [-0.4, -0.2) is 34.8 Å². The van der Waals surface area contributed by atoms with Crippen LogP contribution in [-0.2, 0) is 4.79 Å². The summed E-state index contributed by atoms with van der Waals surface area (Å²) in [5.41, 5.74) is 2.51. The Morgan fingerprint density at radius 1 is 1.58 bits per heavy atom. The van der Waals surface area contributed by atoms with Gasteiger partial charge in [0.2, 0.25) is 0 Å². The van der Waals surface area contributed by atoms with E-state index in [0.717, 1.165) is 0 Å². The highest BCUT2D eigenvalue weighted by atomic mass is 19.3. The van der Waals surface area contributed by atoms with Gasteiger partial charge in [0.1, 0.15) is 5.60 Å². The summed E-state index contributed by atoms with van der Waals surface area (Å²) < 4.78 is 24.0. The zero-order chi connectivity index (χ0) is 9.78. The molecule has 0 rings (SSSR count). The first-order chi connectivity index (χ1) is 5.42. The van der Waals surface area contributed by atoms with Crippen molar-refractivity contribution in [2.75, 3.05) is 6.54 Å². The number of alkyl halides is 2. The molecule has 0 aliphatic heterocycles. The molecule has 0 bridgehead atoms. The highest BCUT2D eigenvalue weighted by molar-refractivity contribution is 5.66. The summed E-state index contributed by atoms with van der Waals surface area (Å²) >= 11 is 0. The van der Waals surface area contributed by atoms with Gasteiger partial charge in [0.05, 0.1) is 0 Å². The molecule has 0 radical (unpaired) electrons. The van der Waals surface area contributed by atoms with Crippen molar-refractivity contribution >= 4 is 5.97 Å². The summed E-state index contributed by atoms with van der Waals surface area (Å²) in [6.45, 7) is -0.641. The third-order valence-electron chi connectivity index (χ3n) is 1.53. The van der Waals surface area contributed by atoms with Crippen LogP contribution in [0, 0.1) is 0 Å². The van der Waals surface area contributed by atoms with Gasteiger partial charge in [0.25, 0.3) is 6.43 Å². The summed E-state index contributed by atoms with van der Waals surface area (Å²) in [4.78, 5) is 9.99. The fourth-order valence-corrected chi connectivity index (χ4v) is 0.624. The molecule has 72 valence electrons. The molecule has 12 heavy (non-hydrogen) atoms. The Hall–Kier alpha value is -0.750. The lowest BCUT2D eigenvalue weighted by molar-refractivity contribution is -0.141. The van der Waals surface area contributed by atoms with E-state index in [1.165, 1.54) is 0 Å². The predicted octanol–water partition coefficient (Wildman–Crippen LogP) is -0.194. The summed E-state index contributed by atoms with van der Waals surface area (Å²) in [5, 5.41) is 17.2. The van der Waals surface area contributed by atoms with Crippen molar-refractivity contribution in [3.63, 3.8) is 0 Å². The maximum absolute atomic E-state index is 12.0. The van der Waals surface area contributed by atoms with Gasteiger partial charge in [-0.05, 0) is 6.42 Å². The zero-order valence-corrected chi connectivity index (χ0v) is 6.33. The lowest BCUT2D eigenvalue weighted by Crippen LogP contribution is -2.45. The van der Waals surface area contributed by atoms with Crippen LogP contribution in [0.15, 0.2) is 0 Å². The van der Waals surface area contributed by atoms with Crippen LogP contribution < -0.4 is 5.73 Å². The normalized spacial score (nSPS) is 16.1. The highest BCUT2D eigenvalue weighted by Gasteiger charge is 2.36. The lowest BCUT2D eigenvalue weighted by Gasteiger charge is -2.24. The molecule has 0 aromatic carbocycles. The Balaban J connectivity index is 4.05. The van der Waals surface area contributed by atoms with E-state index in [0.29, 0.717) is 0 Å². The molecule has 1 atom stereocenters. The molecule has 6 heteroatoms. The van der Waals surface area contributed by atoms with Crippen LogP contribution in [0.4, 0.5) is 8.78 Å². The van der Waals surface area contributed by atoms with Crippen LogP contribution in [0.25, 0.3) is 0 Å². The second-order valence-electron chi connectivity index (χ2n) is 2.50. The van der Waals surface area contributed by atoms with Crippen LogP contribution >= 0.6 is 0 Å². The molecule has 4 nitrogen and oxygen atoms in total. The summed E-state index contributed by atoms with van der Waals surface area (Å²) in [7, 11) is 0. The summed E-state index contributed by atoms with van der Waals surface area (Å²) in [6.07, 6.45) is -4.06. The van der Waals surface area contributed by atoms with Crippen LogP contribution in [0.1, 0.15) is 12.8 Å². The molecule has 0 heterocycles. The second kappa shape index (κ2) is 4.32. The van der Waals surface area contributed by atoms with Gasteiger partial charge in [-0.2, -0.15) is 0 Å². The number of nitrogens with two attached hydrogens (primary N) is 1. The molecule has 0 saturated heterocycles. The van der Waals surface area contributed by atoms with Crippen molar-refractivity contribution in [2.24, 2.45) is 5.73 Å². The Bertz CT molecular complexity index is 165. The number of hydrogen-bond acceptors (Lipinski definition) is 3. The minimum Gasteiger partial charge on any atom is -0.481 e. The molecule has 4 N–H and O–H groups in total. The number of carbonyl (C=O) groups is 1. The van der Waals surface area contributed by atoms with E-state index in [2.05, 4.69) is 0 Å². The maximum Gasteiger partial charge on any atom is 0.303 e. The fourth-order valence-electron chi connectivity index (χ4n) is 0.624. The molecule has 0 aliphatic carbocycles. The summed E-state index contributed by atoms with van der Waals surface area (Å²) in [6, 6.07) is 0. The monoisotopic (exact) mass is 183 g/mol. The number of hydrogen-bond donors (Lipinski definition) is 3. The van der Waals surface area contributed by atoms with Gasteiger partial charge < -0.3 is 15.9 Å². The van der Waals surface area contributed by atoms with E-state index in [4.69, 9.17) is 15.9 Å². The van der Waals surface area contributed by atoms with Crippen LogP contribution in [0.3, 0.4) is 0 Å². The first-order valence-corrected chi connectivity index (χ1v) is 3.35. The molecule has 0 unspecified atom stereocenters. The van der Waals surface area contributed by atoms with Crippen molar-refractivity contribution in [1.29, 1.82) is 0 Å². The van der Waals surface area contributed by atoms with Gasteiger partial charge in [-0.15, -0.1) is 0 Å². The van der Waals surface area contributed by atoms with Gasteiger partial charge in [-0.25, -0.2) is 8.78 Å². The van der Waals surface area contributed by atoms with E-state index in [1.807, 2.05) is 0 Å². The van der Waals surface area contributed by atoms with Crippen molar-refractivity contribution < 1.29 is 23.8 Å². The van der Waals surface area contributed by atoms with Gasteiger partial charge in [-0.3, -0.25) is 4.79 Å². The topological polar surface area (TPSA) is 83.5 Å². The minimum atomic E-state index is -3.01. The lowest BCUT2D eigenvalue weighted by atomic mass is 9.99. The fraction of sp³-hybridized carbons (Fsp3) is 0.833. The van der Waals surface area contributed by atoms with Crippen molar-refractivity contribution in [1.82, 2.24) is 0 Å². The van der Waals surface area contributed by atoms with Crippen LogP contribution in [0.5, 0.6) is 0 Å². The molecule has 0 fully saturated rings. The van der Waals surface area contributed by atoms with E-state index >= 15 is 0 Å². The molecular weight excluding hydrogens is 172 g/mol. The van der Waals surface area contributed by atoms with E-state index in [1.54, 1.807) is 0 Å². The summed E-state index contributed by atoms with van der Waals surface area (Å²) in [5.74, 6) is -1.23. The van der Waals surface area contributed by atoms with E-state index in [-0.39, 0.29) is 0 Å². The van der Waals surface area contributed by atoms with Crippen LogP contribution in [0.2, 0.25) is 0 Å². The molecule has 0 aliphatic rings. The largest absolute Gasteiger partial charge is 0.481 e. The maximum atomic E-state index is 12.0. The Morgan fingerprint density at radius 3 is 2.33 bits per heavy atom. The van der Waals surface area contributed by atoms with Gasteiger partial charge in [0.15, 0.2) is 0 Å². The standard InChI is InChI=1S/C6H11F2NO3/c7-5(8)6(12,3-9)2-1-4(10)11/h5,12H,1-3,9H2,(H,10,11)/t6-/m0/s1. The number of halogens is 2. The number of aliphatic carboxylic acids is 1. The molecule has 0 spiro atoms. The average Bonchev–Trinajstić information content (AvgIpc) is 1.99. The number of rotatable bonds is 5. The first kappa shape index (κ1) is 11.2. The smallest absolute Gasteiger partial charge is 0.303 e. The van der Waals surface area contributed by atoms with Crippen molar-refractivity contribution in [3.05, 3.63) is 0 Å². The zero-order valence-electron chi connectivity index (χ0n) is 6.33. The number of carboxylic acid groups (broad SMARTS) is 1. The Labute approximate surface area is 68.0 Å². The number of carboxylic acids is 1. The number of aliphatic hydroxyl groups is 1. The van der Waals surface area contributed by atoms with Crippen molar-refractivity contribution in [2.45, 2.75) is 24.9 Å². The molecule has 0 saturated carbocycles. The highest BCUT2D eigenvalue weighted by Crippen LogP contribution is 2.20. The molecular formula is C6H11F2NO3. The SMILES string of the molecule is NC[C@@](O)(CCC(=O)O)C(F)F. The van der Waals surface area contributed by atoms with Gasteiger partial charge in [0, 0.05) is 13.0 Å². The van der Waals surface area contributed by atoms with E-state index < -0.39 is 37.4 Å². The van der Waals surface area contributed by atoms with Gasteiger partial charge >= 0.3 is 5.97 Å². The molecule has 0 aromatic heterocycles. The third-order valence-corrected chi connectivity index (χ3v) is 1.53. The minimum absolute atomic E-state index is 0.516. The van der Waals surface area contributed by atoms with Crippen molar-refractivity contribution in [3.8, 4) is 0 Å². The van der Waals surface area contributed by atoms with Gasteiger partial charge in [-0.1, -0.05) is 0 Å².